The topological polar surface area (TPSA) is 96.4 Å². The molecule has 8 nitrogen and oxygen atoms in total. The number of benzene rings is 2. The largest absolute Gasteiger partial charge is 0.497 e. The molecular weight excluding hydrogens is 404 g/mol. The fourth-order valence-electron chi connectivity index (χ4n) is 4.01. The Bertz CT molecular complexity index is 1160. The lowest BCUT2D eigenvalue weighted by Crippen LogP contribution is -2.41. The van der Waals surface area contributed by atoms with E-state index in [0.29, 0.717) is 18.8 Å². The van der Waals surface area contributed by atoms with Crippen LogP contribution in [0.15, 0.2) is 58.2 Å². The van der Waals surface area contributed by atoms with Gasteiger partial charge in [0.25, 0.3) is 0 Å². The van der Waals surface area contributed by atoms with Gasteiger partial charge < -0.3 is 14.6 Å². The standard InChI is InChI=1S/C21H26N4O4S/c1-29-17-6-8-18(9-7-17)30(27,28)22-12-15-24-13-10-16(11-14-24)25-20-5-3-2-4-19(20)23-21(25)26/h2-9,16,22H,10-15H2,1H3,(H,23,26). The van der Waals surface area contributed by atoms with E-state index in [1.807, 2.05) is 28.8 Å². The summed E-state index contributed by atoms with van der Waals surface area (Å²) in [6, 6.07) is 14.2. The number of nitrogens with zero attached hydrogens (tertiary/aromatic N) is 2. The van der Waals surface area contributed by atoms with Gasteiger partial charge in [0.1, 0.15) is 5.75 Å². The first-order valence-corrected chi connectivity index (χ1v) is 11.5. The number of imidazole rings is 1. The number of piperidine rings is 1. The fourth-order valence-corrected chi connectivity index (χ4v) is 5.04. The van der Waals surface area contributed by atoms with Crippen LogP contribution in [0.4, 0.5) is 0 Å². The zero-order chi connectivity index (χ0) is 21.1. The maximum atomic E-state index is 12.4. The van der Waals surface area contributed by atoms with Crippen LogP contribution in [0.2, 0.25) is 0 Å². The Morgan fingerprint density at radius 1 is 1.10 bits per heavy atom. The first kappa shape index (κ1) is 20.6. The summed E-state index contributed by atoms with van der Waals surface area (Å²) in [5.41, 5.74) is 1.73. The van der Waals surface area contributed by atoms with Gasteiger partial charge in [-0.05, 0) is 49.2 Å². The van der Waals surface area contributed by atoms with Gasteiger partial charge in [0.15, 0.2) is 0 Å². The smallest absolute Gasteiger partial charge is 0.326 e. The van der Waals surface area contributed by atoms with E-state index in [-0.39, 0.29) is 16.6 Å². The van der Waals surface area contributed by atoms with Crippen LogP contribution in [0.3, 0.4) is 0 Å². The van der Waals surface area contributed by atoms with Gasteiger partial charge in [0.2, 0.25) is 10.0 Å². The molecule has 0 radical (unpaired) electrons. The highest BCUT2D eigenvalue weighted by Gasteiger charge is 2.23. The maximum absolute atomic E-state index is 12.4. The highest BCUT2D eigenvalue weighted by atomic mass is 32.2. The summed E-state index contributed by atoms with van der Waals surface area (Å²) < 4.78 is 34.4. The minimum atomic E-state index is -3.54. The molecule has 0 bridgehead atoms. The number of hydrogen-bond acceptors (Lipinski definition) is 5. The van der Waals surface area contributed by atoms with Crippen molar-refractivity contribution in [3.05, 3.63) is 59.0 Å². The van der Waals surface area contributed by atoms with Crippen molar-refractivity contribution >= 4 is 21.1 Å². The number of sulfonamides is 1. The number of aromatic amines is 1. The van der Waals surface area contributed by atoms with Crippen LogP contribution in [0, 0.1) is 0 Å². The third-order valence-electron chi connectivity index (χ3n) is 5.64. The molecular formula is C21H26N4O4S. The monoisotopic (exact) mass is 430 g/mol. The number of H-pyrrole nitrogens is 1. The molecule has 30 heavy (non-hydrogen) atoms. The molecule has 0 saturated carbocycles. The molecule has 1 aliphatic rings. The molecule has 1 aromatic heterocycles. The van der Waals surface area contributed by atoms with Crippen molar-refractivity contribution in [1.29, 1.82) is 0 Å². The number of methoxy groups -OCH3 is 1. The lowest BCUT2D eigenvalue weighted by molar-refractivity contribution is 0.190. The van der Waals surface area contributed by atoms with Crippen LogP contribution in [0.25, 0.3) is 11.0 Å². The molecule has 0 spiro atoms. The SMILES string of the molecule is COc1ccc(S(=O)(=O)NCCN2CCC(n3c(=O)[nH]c4ccccc43)CC2)cc1. The maximum Gasteiger partial charge on any atom is 0.326 e. The number of hydrogen-bond donors (Lipinski definition) is 2. The van der Waals surface area contributed by atoms with E-state index in [1.165, 1.54) is 12.1 Å². The molecule has 3 aromatic rings. The van der Waals surface area contributed by atoms with E-state index >= 15 is 0 Å². The molecule has 2 N–H and O–H groups in total. The third kappa shape index (κ3) is 4.28. The predicted octanol–water partition coefficient (Wildman–Crippen LogP) is 1.95. The molecule has 160 valence electrons. The van der Waals surface area contributed by atoms with E-state index in [2.05, 4.69) is 14.6 Å². The fraction of sp³-hybridized carbons (Fsp3) is 0.381. The Kier molecular flexibility index (Phi) is 5.94. The average Bonchev–Trinajstić information content (AvgIpc) is 3.10. The summed E-state index contributed by atoms with van der Waals surface area (Å²) in [5, 5.41) is 0. The Morgan fingerprint density at radius 2 is 1.80 bits per heavy atom. The van der Waals surface area contributed by atoms with Gasteiger partial charge in [0.05, 0.1) is 23.0 Å². The quantitative estimate of drug-likeness (QED) is 0.597. The number of likely N-dealkylation sites (tertiary alicyclic amines) is 1. The van der Waals surface area contributed by atoms with Crippen molar-refractivity contribution < 1.29 is 13.2 Å². The van der Waals surface area contributed by atoms with Crippen molar-refractivity contribution in [3.8, 4) is 5.75 Å². The van der Waals surface area contributed by atoms with Crippen LogP contribution in [-0.2, 0) is 10.0 Å². The molecule has 4 rings (SSSR count). The molecule has 0 amide bonds. The number of para-hydroxylation sites is 2. The van der Waals surface area contributed by atoms with Crippen molar-refractivity contribution in [3.63, 3.8) is 0 Å². The van der Waals surface area contributed by atoms with Gasteiger partial charge in [0, 0.05) is 32.2 Å². The van der Waals surface area contributed by atoms with E-state index in [9.17, 15) is 13.2 Å². The number of aromatic nitrogens is 2. The summed E-state index contributed by atoms with van der Waals surface area (Å²) in [4.78, 5) is 17.8. The minimum Gasteiger partial charge on any atom is -0.497 e. The molecule has 1 aliphatic heterocycles. The van der Waals surface area contributed by atoms with E-state index in [1.54, 1.807) is 19.2 Å². The van der Waals surface area contributed by atoms with Gasteiger partial charge in [-0.3, -0.25) is 4.57 Å². The summed E-state index contributed by atoms with van der Waals surface area (Å²) in [5.74, 6) is 0.617. The second-order valence-electron chi connectivity index (χ2n) is 7.46. The Balaban J connectivity index is 1.31. The molecule has 0 unspecified atom stereocenters. The highest BCUT2D eigenvalue weighted by Crippen LogP contribution is 2.24. The number of nitrogens with one attached hydrogen (secondary N) is 2. The number of rotatable bonds is 7. The normalized spacial score (nSPS) is 16.2. The number of fused-ring (bicyclic) bond motifs is 1. The zero-order valence-electron chi connectivity index (χ0n) is 16.9. The lowest BCUT2D eigenvalue weighted by Gasteiger charge is -2.32. The van der Waals surface area contributed by atoms with E-state index in [0.717, 1.165) is 37.0 Å². The summed E-state index contributed by atoms with van der Waals surface area (Å²) in [6.45, 7) is 2.61. The molecule has 0 aliphatic carbocycles. The van der Waals surface area contributed by atoms with Gasteiger partial charge in [-0.15, -0.1) is 0 Å². The molecule has 2 aromatic carbocycles. The first-order valence-electron chi connectivity index (χ1n) is 10.0. The third-order valence-corrected chi connectivity index (χ3v) is 7.11. The Morgan fingerprint density at radius 3 is 2.50 bits per heavy atom. The summed E-state index contributed by atoms with van der Waals surface area (Å²) >= 11 is 0. The average molecular weight is 431 g/mol. The van der Waals surface area contributed by atoms with Crippen molar-refractivity contribution in [1.82, 2.24) is 19.2 Å². The van der Waals surface area contributed by atoms with Crippen molar-refractivity contribution in [2.75, 3.05) is 33.3 Å². The number of ether oxygens (including phenoxy) is 1. The van der Waals surface area contributed by atoms with Gasteiger partial charge in [-0.25, -0.2) is 17.9 Å². The second-order valence-corrected chi connectivity index (χ2v) is 9.23. The van der Waals surface area contributed by atoms with Crippen LogP contribution < -0.4 is 15.1 Å². The second kappa shape index (κ2) is 8.63. The van der Waals surface area contributed by atoms with Crippen molar-refractivity contribution in [2.24, 2.45) is 0 Å². The summed E-state index contributed by atoms with van der Waals surface area (Å²) in [6.07, 6.45) is 1.71. The zero-order valence-corrected chi connectivity index (χ0v) is 17.7. The van der Waals surface area contributed by atoms with E-state index < -0.39 is 10.0 Å². The molecule has 1 fully saturated rings. The lowest BCUT2D eigenvalue weighted by atomic mass is 10.0. The van der Waals surface area contributed by atoms with Crippen molar-refractivity contribution in [2.45, 2.75) is 23.8 Å². The van der Waals surface area contributed by atoms with Gasteiger partial charge in [-0.1, -0.05) is 12.1 Å². The van der Waals surface area contributed by atoms with Crippen LogP contribution >= 0.6 is 0 Å². The molecule has 1 saturated heterocycles. The molecule has 2 heterocycles. The first-order chi connectivity index (χ1) is 14.5. The van der Waals surface area contributed by atoms with Gasteiger partial charge in [-0.2, -0.15) is 0 Å². The Labute approximate surface area is 175 Å². The van der Waals surface area contributed by atoms with Crippen LogP contribution in [-0.4, -0.2) is 56.2 Å². The van der Waals surface area contributed by atoms with Crippen LogP contribution in [0.5, 0.6) is 5.75 Å². The molecule has 0 atom stereocenters. The summed E-state index contributed by atoms with van der Waals surface area (Å²) in [7, 11) is -2.00. The highest BCUT2D eigenvalue weighted by molar-refractivity contribution is 7.89. The van der Waals surface area contributed by atoms with Crippen LogP contribution in [0.1, 0.15) is 18.9 Å². The molecule has 9 heteroatoms. The van der Waals surface area contributed by atoms with Gasteiger partial charge >= 0.3 is 5.69 Å². The minimum absolute atomic E-state index is 0.0677. The Hall–Kier alpha value is -2.62. The predicted molar refractivity (Wildman–Crippen MR) is 115 cm³/mol. The van der Waals surface area contributed by atoms with E-state index in [4.69, 9.17) is 4.74 Å².